The van der Waals surface area contributed by atoms with E-state index in [4.69, 9.17) is 16.7 Å². The van der Waals surface area contributed by atoms with Gasteiger partial charge in [0.25, 0.3) is 0 Å². The van der Waals surface area contributed by atoms with Gasteiger partial charge in [0.1, 0.15) is 4.90 Å². The molecule has 3 N–H and O–H groups in total. The molecule has 0 aliphatic rings. The van der Waals surface area contributed by atoms with Gasteiger partial charge in [-0.05, 0) is 17.7 Å². The van der Waals surface area contributed by atoms with Crippen LogP contribution in [0.2, 0.25) is 5.02 Å². The van der Waals surface area contributed by atoms with E-state index in [0.717, 1.165) is 18.3 Å². The number of rotatable bonds is 6. The summed E-state index contributed by atoms with van der Waals surface area (Å²) in [4.78, 5) is 11.0. The molecule has 2 aromatic carbocycles. The quantitative estimate of drug-likeness (QED) is 0.480. The van der Waals surface area contributed by atoms with E-state index in [2.05, 4.69) is 5.10 Å². The van der Waals surface area contributed by atoms with E-state index in [9.17, 15) is 35.2 Å². The summed E-state index contributed by atoms with van der Waals surface area (Å²) in [5.41, 5.74) is -3.26. The largest absolute Gasteiger partial charge is 0.419 e. The first-order valence-corrected chi connectivity index (χ1v) is 10.8. The Hall–Kier alpha value is -3.03. The molecule has 0 unspecified atom stereocenters. The summed E-state index contributed by atoms with van der Waals surface area (Å²) in [5.74, 6) is -0.910. The van der Waals surface area contributed by atoms with Crippen LogP contribution >= 0.6 is 11.6 Å². The first kappa shape index (κ1) is 24.6. The van der Waals surface area contributed by atoms with Gasteiger partial charge in [0.15, 0.2) is 0 Å². The summed E-state index contributed by atoms with van der Waals surface area (Å²) >= 11 is 5.96. The lowest BCUT2D eigenvalue weighted by Crippen LogP contribution is -2.24. The number of amides is 1. The van der Waals surface area contributed by atoms with E-state index in [-0.39, 0.29) is 15.3 Å². The van der Waals surface area contributed by atoms with Crippen molar-refractivity contribution in [2.24, 2.45) is 5.14 Å². The highest BCUT2D eigenvalue weighted by Gasteiger charge is 2.41. The summed E-state index contributed by atoms with van der Waals surface area (Å²) in [6, 6.07) is 7.86. The molecule has 0 fully saturated rings. The second-order valence-electron chi connectivity index (χ2n) is 6.71. The number of sulfonamides is 1. The predicted octanol–water partition coefficient (Wildman–Crippen LogP) is 4.45. The van der Waals surface area contributed by atoms with Crippen LogP contribution in [-0.2, 0) is 27.4 Å². The Morgan fingerprint density at radius 3 is 2.39 bits per heavy atom. The SMILES string of the molecule is NS(=O)(=O)c1c(-c2cnn(C(F)F)c2)ccc(NC(=O)Cc2ccccc2Cl)c1C(F)(F)F. The zero-order valence-corrected chi connectivity index (χ0v) is 17.8. The van der Waals surface area contributed by atoms with Crippen molar-refractivity contribution in [2.75, 3.05) is 5.32 Å². The molecule has 0 aliphatic carbocycles. The molecule has 3 aromatic rings. The Labute approximate surface area is 189 Å². The van der Waals surface area contributed by atoms with Crippen LogP contribution in [0.5, 0.6) is 0 Å². The van der Waals surface area contributed by atoms with E-state index in [1.165, 1.54) is 12.1 Å². The maximum Gasteiger partial charge on any atom is 0.419 e. The molecule has 0 aliphatic heterocycles. The van der Waals surface area contributed by atoms with Crippen molar-refractivity contribution in [1.82, 2.24) is 9.78 Å². The van der Waals surface area contributed by atoms with Crippen LogP contribution in [0.3, 0.4) is 0 Å². The topological polar surface area (TPSA) is 107 Å². The number of carbonyl (C=O) groups excluding carboxylic acids is 1. The maximum absolute atomic E-state index is 14.0. The van der Waals surface area contributed by atoms with E-state index in [1.54, 1.807) is 12.1 Å². The number of aromatic nitrogens is 2. The fourth-order valence-corrected chi connectivity index (χ4v) is 4.29. The first-order chi connectivity index (χ1) is 15.3. The average Bonchev–Trinajstić information content (AvgIpc) is 3.18. The molecule has 0 saturated carbocycles. The third-order valence-corrected chi connectivity index (χ3v) is 5.78. The Bertz CT molecular complexity index is 1310. The number of hydrogen-bond donors (Lipinski definition) is 2. The van der Waals surface area contributed by atoms with Gasteiger partial charge < -0.3 is 5.32 Å². The molecule has 0 radical (unpaired) electrons. The van der Waals surface area contributed by atoms with Crippen LogP contribution in [0.25, 0.3) is 11.1 Å². The molecule has 14 heteroatoms. The van der Waals surface area contributed by atoms with Crippen molar-refractivity contribution in [1.29, 1.82) is 0 Å². The molecule has 3 rings (SSSR count). The van der Waals surface area contributed by atoms with Gasteiger partial charge >= 0.3 is 12.7 Å². The molecular weight excluding hydrogens is 495 g/mol. The number of alkyl halides is 5. The van der Waals surface area contributed by atoms with E-state index in [0.29, 0.717) is 11.8 Å². The third kappa shape index (κ3) is 5.49. The van der Waals surface area contributed by atoms with E-state index < -0.39 is 56.8 Å². The van der Waals surface area contributed by atoms with E-state index in [1.807, 2.05) is 5.32 Å². The van der Waals surface area contributed by atoms with Crippen molar-refractivity contribution in [3.05, 3.63) is 64.9 Å². The minimum absolute atomic E-state index is 0.134. The molecule has 0 saturated heterocycles. The molecular formula is C19H14ClF5N4O3S. The lowest BCUT2D eigenvalue weighted by atomic mass is 10.0. The highest BCUT2D eigenvalue weighted by molar-refractivity contribution is 7.89. The number of nitrogens with zero attached hydrogens (tertiary/aromatic N) is 2. The Kier molecular flexibility index (Phi) is 6.77. The number of nitrogens with one attached hydrogen (secondary N) is 1. The number of hydrogen-bond acceptors (Lipinski definition) is 4. The van der Waals surface area contributed by atoms with Gasteiger partial charge in [0, 0.05) is 22.3 Å². The van der Waals surface area contributed by atoms with Crippen LogP contribution in [0.4, 0.5) is 27.6 Å². The molecule has 7 nitrogen and oxygen atoms in total. The lowest BCUT2D eigenvalue weighted by molar-refractivity contribution is -0.139. The average molecular weight is 509 g/mol. The summed E-state index contributed by atoms with van der Waals surface area (Å²) in [6.07, 6.45) is -4.25. The molecule has 0 bridgehead atoms. The smallest absolute Gasteiger partial charge is 0.325 e. The van der Waals surface area contributed by atoms with Crippen molar-refractivity contribution < 1.29 is 35.2 Å². The molecule has 0 spiro atoms. The molecule has 176 valence electrons. The second kappa shape index (κ2) is 9.08. The van der Waals surface area contributed by atoms with Crippen molar-refractivity contribution >= 4 is 33.2 Å². The third-order valence-electron chi connectivity index (χ3n) is 4.42. The number of benzene rings is 2. The van der Waals surface area contributed by atoms with Gasteiger partial charge in [0.2, 0.25) is 15.9 Å². The molecule has 33 heavy (non-hydrogen) atoms. The van der Waals surface area contributed by atoms with E-state index >= 15 is 0 Å². The van der Waals surface area contributed by atoms with Crippen molar-refractivity contribution in [3.63, 3.8) is 0 Å². The van der Waals surface area contributed by atoms with Gasteiger partial charge in [0.05, 0.1) is 23.9 Å². The summed E-state index contributed by atoms with van der Waals surface area (Å²) < 4.78 is 92.1. The summed E-state index contributed by atoms with van der Waals surface area (Å²) in [7, 11) is -5.05. The van der Waals surface area contributed by atoms with Crippen LogP contribution in [-0.4, -0.2) is 24.1 Å². The van der Waals surface area contributed by atoms with Crippen LogP contribution in [0, 0.1) is 0 Å². The molecule has 1 heterocycles. The van der Waals surface area contributed by atoms with Gasteiger partial charge in [-0.1, -0.05) is 35.9 Å². The number of anilines is 1. The van der Waals surface area contributed by atoms with Crippen LogP contribution < -0.4 is 10.5 Å². The molecule has 0 atom stereocenters. The fraction of sp³-hybridized carbons (Fsp3) is 0.158. The van der Waals surface area contributed by atoms with Crippen LogP contribution in [0.15, 0.2) is 53.7 Å². The minimum atomic E-state index is -5.29. The normalized spacial score (nSPS) is 12.2. The highest BCUT2D eigenvalue weighted by atomic mass is 35.5. The Balaban J connectivity index is 2.13. The van der Waals surface area contributed by atoms with Gasteiger partial charge in [-0.15, -0.1) is 0 Å². The van der Waals surface area contributed by atoms with Crippen molar-refractivity contribution in [3.8, 4) is 11.1 Å². The van der Waals surface area contributed by atoms with Gasteiger partial charge in [-0.3, -0.25) is 4.79 Å². The number of carbonyl (C=O) groups is 1. The highest BCUT2D eigenvalue weighted by Crippen LogP contribution is 2.43. The number of nitrogens with two attached hydrogens (primary N) is 1. The monoisotopic (exact) mass is 508 g/mol. The molecule has 1 amide bonds. The van der Waals surface area contributed by atoms with Crippen molar-refractivity contribution in [2.45, 2.75) is 24.0 Å². The van der Waals surface area contributed by atoms with Gasteiger partial charge in [-0.25, -0.2) is 18.2 Å². The minimum Gasteiger partial charge on any atom is -0.325 e. The Morgan fingerprint density at radius 1 is 1.18 bits per heavy atom. The van der Waals surface area contributed by atoms with Gasteiger partial charge in [-0.2, -0.15) is 27.1 Å². The number of primary sulfonamides is 1. The predicted molar refractivity (Wildman–Crippen MR) is 109 cm³/mol. The fourth-order valence-electron chi connectivity index (χ4n) is 3.08. The number of halogens is 6. The zero-order chi connectivity index (χ0) is 24.6. The zero-order valence-electron chi connectivity index (χ0n) is 16.3. The summed E-state index contributed by atoms with van der Waals surface area (Å²) in [6.45, 7) is -3.11. The molecule has 1 aromatic heterocycles. The van der Waals surface area contributed by atoms with Crippen LogP contribution in [0.1, 0.15) is 17.7 Å². The lowest BCUT2D eigenvalue weighted by Gasteiger charge is -2.19. The maximum atomic E-state index is 14.0. The second-order valence-corrected chi connectivity index (χ2v) is 8.62. The summed E-state index contributed by atoms with van der Waals surface area (Å²) in [5, 5.41) is 10.6. The Morgan fingerprint density at radius 2 is 1.85 bits per heavy atom. The first-order valence-electron chi connectivity index (χ1n) is 8.92. The standard InChI is InChI=1S/C19H14ClF5N4O3S/c20-13-4-2-1-3-10(13)7-15(30)28-14-6-5-12(11-8-27-29(9-11)18(21)22)17(33(26,31)32)16(14)19(23,24)25/h1-6,8-9,18H,7H2,(H,28,30)(H2,26,31,32).